The molecule has 3 rings (SSSR count). The van der Waals surface area contributed by atoms with E-state index in [0.29, 0.717) is 19.8 Å². The van der Waals surface area contributed by atoms with Crippen LogP contribution in [-0.2, 0) is 14.9 Å². The van der Waals surface area contributed by atoms with Crippen LogP contribution in [0.25, 0.3) is 0 Å². The van der Waals surface area contributed by atoms with Gasteiger partial charge in [0, 0.05) is 29.6 Å². The summed E-state index contributed by atoms with van der Waals surface area (Å²) in [6.45, 7) is 4.00. The third-order valence-corrected chi connectivity index (χ3v) is 5.46. The van der Waals surface area contributed by atoms with Crippen molar-refractivity contribution in [1.82, 2.24) is 5.32 Å². The molecular weight excluding hydrogens is 394 g/mol. The van der Waals surface area contributed by atoms with Crippen LogP contribution in [0.4, 0.5) is 0 Å². The Labute approximate surface area is 163 Å². The first kappa shape index (κ1) is 18.9. The second kappa shape index (κ2) is 8.69. The molecule has 1 saturated heterocycles. The maximum atomic E-state index is 12.3. The third-order valence-electron chi connectivity index (χ3n) is 4.96. The van der Waals surface area contributed by atoms with E-state index >= 15 is 0 Å². The topological polar surface area (TPSA) is 47.6 Å². The van der Waals surface area contributed by atoms with Gasteiger partial charge in [-0.25, -0.2) is 0 Å². The Morgan fingerprint density at radius 2 is 1.96 bits per heavy atom. The van der Waals surface area contributed by atoms with Crippen LogP contribution in [0, 0.1) is 6.92 Å². The number of hydrogen-bond donors (Lipinski definition) is 1. The fourth-order valence-electron chi connectivity index (χ4n) is 3.33. The summed E-state index contributed by atoms with van der Waals surface area (Å²) in [7, 11) is 0. The van der Waals surface area contributed by atoms with E-state index in [1.807, 2.05) is 43.3 Å². The maximum Gasteiger partial charge on any atom is 0.257 e. The molecule has 1 aliphatic rings. The summed E-state index contributed by atoms with van der Waals surface area (Å²) in [4.78, 5) is 12.3. The van der Waals surface area contributed by atoms with Gasteiger partial charge in [-0.3, -0.25) is 4.79 Å². The van der Waals surface area contributed by atoms with Crippen molar-refractivity contribution in [3.63, 3.8) is 0 Å². The lowest BCUT2D eigenvalue weighted by atomic mass is 9.74. The van der Waals surface area contributed by atoms with Crippen LogP contribution in [0.1, 0.15) is 24.0 Å². The third kappa shape index (κ3) is 4.65. The highest BCUT2D eigenvalue weighted by Gasteiger charge is 2.35. The van der Waals surface area contributed by atoms with Gasteiger partial charge in [0.25, 0.3) is 5.91 Å². The van der Waals surface area contributed by atoms with Crippen LogP contribution in [0.5, 0.6) is 5.75 Å². The SMILES string of the molecule is Cc1ccccc1OCC(=O)NCC1(c2cccc(Br)c2)CCOCC1. The van der Waals surface area contributed by atoms with Crippen molar-refractivity contribution in [2.24, 2.45) is 0 Å². The molecule has 1 fully saturated rings. The van der Waals surface area contributed by atoms with E-state index in [1.54, 1.807) is 0 Å². The Morgan fingerprint density at radius 1 is 1.19 bits per heavy atom. The number of amides is 1. The van der Waals surface area contributed by atoms with Crippen molar-refractivity contribution in [3.05, 3.63) is 64.1 Å². The van der Waals surface area contributed by atoms with Gasteiger partial charge in [-0.15, -0.1) is 0 Å². The molecule has 1 N–H and O–H groups in total. The van der Waals surface area contributed by atoms with E-state index in [-0.39, 0.29) is 17.9 Å². The molecule has 2 aromatic rings. The van der Waals surface area contributed by atoms with Crippen molar-refractivity contribution in [2.45, 2.75) is 25.2 Å². The van der Waals surface area contributed by atoms with Crippen molar-refractivity contribution < 1.29 is 14.3 Å². The summed E-state index contributed by atoms with van der Waals surface area (Å²) in [6, 6.07) is 16.0. The lowest BCUT2D eigenvalue weighted by Crippen LogP contribution is -2.45. The maximum absolute atomic E-state index is 12.3. The van der Waals surface area contributed by atoms with E-state index in [1.165, 1.54) is 5.56 Å². The van der Waals surface area contributed by atoms with Gasteiger partial charge in [-0.05, 0) is 49.1 Å². The average Bonchev–Trinajstić information content (AvgIpc) is 2.66. The minimum Gasteiger partial charge on any atom is -0.484 e. The van der Waals surface area contributed by atoms with E-state index < -0.39 is 0 Å². The van der Waals surface area contributed by atoms with Crippen LogP contribution in [0.2, 0.25) is 0 Å². The quantitative estimate of drug-likeness (QED) is 0.772. The zero-order valence-corrected chi connectivity index (χ0v) is 16.6. The highest BCUT2D eigenvalue weighted by Crippen LogP contribution is 2.35. The number of carbonyl (C=O) groups is 1. The van der Waals surface area contributed by atoms with E-state index in [0.717, 1.165) is 28.6 Å². The molecule has 0 atom stereocenters. The predicted octanol–water partition coefficient (Wildman–Crippen LogP) is 4.00. The number of ether oxygens (including phenoxy) is 2. The molecular formula is C21H24BrNO3. The molecule has 1 heterocycles. The Bertz CT molecular complexity index is 756. The Kier molecular flexibility index (Phi) is 6.33. The molecule has 0 radical (unpaired) electrons. The normalized spacial score (nSPS) is 16.1. The zero-order valence-electron chi connectivity index (χ0n) is 15.0. The average molecular weight is 418 g/mol. The first-order chi connectivity index (χ1) is 12.6. The van der Waals surface area contributed by atoms with Gasteiger partial charge in [0.2, 0.25) is 0 Å². The minimum absolute atomic E-state index is 0.0237. The monoisotopic (exact) mass is 417 g/mol. The fraction of sp³-hybridized carbons (Fsp3) is 0.381. The van der Waals surface area contributed by atoms with Gasteiger partial charge in [0.1, 0.15) is 5.75 Å². The second-order valence-corrected chi connectivity index (χ2v) is 7.65. The highest BCUT2D eigenvalue weighted by atomic mass is 79.9. The number of halogens is 1. The van der Waals surface area contributed by atoms with Crippen molar-refractivity contribution in [1.29, 1.82) is 0 Å². The van der Waals surface area contributed by atoms with E-state index in [2.05, 4.69) is 33.4 Å². The minimum atomic E-state index is -0.103. The first-order valence-electron chi connectivity index (χ1n) is 8.88. The molecule has 0 aliphatic carbocycles. The van der Waals surface area contributed by atoms with E-state index in [4.69, 9.17) is 9.47 Å². The van der Waals surface area contributed by atoms with Crippen LogP contribution >= 0.6 is 15.9 Å². The summed E-state index contributed by atoms with van der Waals surface area (Å²) in [6.07, 6.45) is 1.78. The van der Waals surface area contributed by atoms with Gasteiger partial charge in [-0.2, -0.15) is 0 Å². The van der Waals surface area contributed by atoms with E-state index in [9.17, 15) is 4.79 Å². The molecule has 1 amide bonds. The molecule has 0 saturated carbocycles. The summed E-state index contributed by atoms with van der Waals surface area (Å²) in [5.74, 6) is 0.643. The highest BCUT2D eigenvalue weighted by molar-refractivity contribution is 9.10. The Balaban J connectivity index is 1.63. The fourth-order valence-corrected chi connectivity index (χ4v) is 3.73. The molecule has 2 aromatic carbocycles. The summed E-state index contributed by atoms with van der Waals surface area (Å²) in [5.41, 5.74) is 2.16. The smallest absolute Gasteiger partial charge is 0.257 e. The van der Waals surface area contributed by atoms with Crippen LogP contribution < -0.4 is 10.1 Å². The summed E-state index contributed by atoms with van der Waals surface area (Å²) >= 11 is 3.55. The Morgan fingerprint density at radius 3 is 2.69 bits per heavy atom. The first-order valence-corrected chi connectivity index (χ1v) is 9.67. The Hall–Kier alpha value is -1.85. The number of hydrogen-bond acceptors (Lipinski definition) is 3. The van der Waals surface area contributed by atoms with Gasteiger partial charge in [0.15, 0.2) is 6.61 Å². The molecule has 4 nitrogen and oxygen atoms in total. The predicted molar refractivity (Wildman–Crippen MR) is 106 cm³/mol. The summed E-state index contributed by atoms with van der Waals surface area (Å²) < 4.78 is 12.3. The number of nitrogens with one attached hydrogen (secondary N) is 1. The number of benzene rings is 2. The molecule has 1 aliphatic heterocycles. The van der Waals surface area contributed by atoms with Crippen molar-refractivity contribution >= 4 is 21.8 Å². The lowest BCUT2D eigenvalue weighted by Gasteiger charge is -2.38. The van der Waals surface area contributed by atoms with Crippen molar-refractivity contribution in [3.8, 4) is 5.75 Å². The lowest BCUT2D eigenvalue weighted by molar-refractivity contribution is -0.123. The second-order valence-electron chi connectivity index (χ2n) is 6.73. The summed E-state index contributed by atoms with van der Waals surface area (Å²) in [5, 5.41) is 3.07. The number of rotatable bonds is 6. The molecule has 0 bridgehead atoms. The zero-order chi connectivity index (χ0) is 18.4. The molecule has 0 aromatic heterocycles. The largest absolute Gasteiger partial charge is 0.484 e. The van der Waals surface area contributed by atoms with Crippen molar-refractivity contribution in [2.75, 3.05) is 26.4 Å². The van der Waals surface area contributed by atoms with Gasteiger partial charge >= 0.3 is 0 Å². The molecule has 0 spiro atoms. The van der Waals surface area contributed by atoms with Crippen LogP contribution in [0.15, 0.2) is 53.0 Å². The van der Waals surface area contributed by atoms with Gasteiger partial charge < -0.3 is 14.8 Å². The number of para-hydroxylation sites is 1. The van der Waals surface area contributed by atoms with Gasteiger partial charge in [0.05, 0.1) is 0 Å². The van der Waals surface area contributed by atoms with Crippen LogP contribution in [-0.4, -0.2) is 32.3 Å². The molecule has 5 heteroatoms. The van der Waals surface area contributed by atoms with Gasteiger partial charge in [-0.1, -0.05) is 46.3 Å². The standard InChI is InChI=1S/C21H24BrNO3/c1-16-5-2-3-8-19(16)26-14-20(24)23-15-21(9-11-25-12-10-21)17-6-4-7-18(22)13-17/h2-8,13H,9-12,14-15H2,1H3,(H,23,24). The molecule has 26 heavy (non-hydrogen) atoms. The molecule has 0 unspecified atom stereocenters. The van der Waals surface area contributed by atoms with Crippen LogP contribution in [0.3, 0.4) is 0 Å². The number of aryl methyl sites for hydroxylation is 1. The number of carbonyl (C=O) groups excluding carboxylic acids is 1. The molecule has 138 valence electrons.